The maximum Gasteiger partial charge on any atom is 1.00 e. The molecule has 0 fully saturated rings. The van der Waals surface area contributed by atoms with Crippen molar-refractivity contribution in [2.75, 3.05) is 34.3 Å². The van der Waals surface area contributed by atoms with Crippen LogP contribution >= 0.6 is 0 Å². The summed E-state index contributed by atoms with van der Waals surface area (Å²) < 4.78 is 40.8. The third-order valence-corrected chi connectivity index (χ3v) is 3.17. The predicted octanol–water partition coefficient (Wildman–Crippen LogP) is -1.73. The molecule has 1 rings (SSSR count). The zero-order valence-electron chi connectivity index (χ0n) is 13.6. The quantitative estimate of drug-likeness (QED) is 0.227. The molecular formula is C12H19NNaO6S+. The predicted molar refractivity (Wildman–Crippen MR) is 72.2 cm³/mol. The van der Waals surface area contributed by atoms with Crippen molar-refractivity contribution >= 4 is 16.3 Å². The first-order chi connectivity index (χ1) is 9.08. The Balaban J connectivity index is 0. The van der Waals surface area contributed by atoms with Gasteiger partial charge in [0.05, 0.1) is 26.0 Å². The van der Waals surface area contributed by atoms with Gasteiger partial charge in [0.1, 0.15) is 18.9 Å². The number of carbonyl (C=O) groups excluding carboxylic acids is 1. The van der Waals surface area contributed by atoms with E-state index in [9.17, 15) is 13.2 Å². The van der Waals surface area contributed by atoms with Gasteiger partial charge < -0.3 is 15.4 Å². The van der Waals surface area contributed by atoms with Crippen LogP contribution in [0.15, 0.2) is 29.2 Å². The second kappa shape index (κ2) is 8.11. The molecule has 0 unspecified atom stereocenters. The van der Waals surface area contributed by atoms with Crippen molar-refractivity contribution in [1.29, 1.82) is 0 Å². The Bertz CT molecular complexity index is 570. The van der Waals surface area contributed by atoms with Crippen LogP contribution in [0.5, 0.6) is 5.75 Å². The molecule has 0 heterocycles. The molecule has 0 aliphatic carbocycles. The third-order valence-electron chi connectivity index (χ3n) is 2.30. The van der Waals surface area contributed by atoms with E-state index in [0.717, 1.165) is 12.1 Å². The van der Waals surface area contributed by atoms with Crippen molar-refractivity contribution in [1.82, 2.24) is 0 Å². The molecule has 0 radical (unpaired) electrons. The van der Waals surface area contributed by atoms with E-state index in [4.69, 9.17) is 14.0 Å². The number of likely N-dealkylation sites (N-methyl/N-ethyl adjacent to an activating group) is 1. The molecule has 21 heavy (non-hydrogen) atoms. The van der Waals surface area contributed by atoms with Crippen molar-refractivity contribution in [3.63, 3.8) is 0 Å². The molecule has 0 saturated heterocycles. The largest absolute Gasteiger partial charge is 1.00 e. The van der Waals surface area contributed by atoms with Crippen LogP contribution in [0.2, 0.25) is 0 Å². The average molecular weight is 328 g/mol. The van der Waals surface area contributed by atoms with Crippen molar-refractivity contribution in [3.05, 3.63) is 24.3 Å². The molecule has 7 nitrogen and oxygen atoms in total. The topological polar surface area (TPSA) is 89.9 Å². The van der Waals surface area contributed by atoms with Crippen LogP contribution < -0.4 is 34.3 Å². The van der Waals surface area contributed by atoms with E-state index in [1.54, 1.807) is 0 Å². The molecule has 0 atom stereocenters. The van der Waals surface area contributed by atoms with Gasteiger partial charge in [-0.3, -0.25) is 4.55 Å². The van der Waals surface area contributed by atoms with Gasteiger partial charge >= 0.3 is 35.7 Å². The minimum Gasteiger partial charge on any atom is -1.00 e. The van der Waals surface area contributed by atoms with Gasteiger partial charge in [0.25, 0.3) is 10.1 Å². The maximum absolute atomic E-state index is 11.4. The minimum absolute atomic E-state index is 0. The number of hydrogen-bond acceptors (Lipinski definition) is 5. The van der Waals surface area contributed by atoms with Crippen LogP contribution in [-0.2, 0) is 14.9 Å². The summed E-state index contributed by atoms with van der Waals surface area (Å²) in [5.74, 6) is 0.132. The van der Waals surface area contributed by atoms with Gasteiger partial charge in [0, 0.05) is 0 Å². The summed E-state index contributed by atoms with van der Waals surface area (Å²) in [6, 6.07) is 4.77. The van der Waals surface area contributed by atoms with Gasteiger partial charge in [0.2, 0.25) is 0 Å². The van der Waals surface area contributed by atoms with Gasteiger partial charge in [-0.15, -0.1) is 0 Å². The Kier molecular flexibility index (Phi) is 7.87. The fraction of sp³-hybridized carbons (Fsp3) is 0.417. The molecule has 1 aromatic carbocycles. The van der Waals surface area contributed by atoms with Gasteiger partial charge in [-0.05, 0) is 24.3 Å². The Hall–Kier alpha value is -0.640. The summed E-state index contributed by atoms with van der Waals surface area (Å²) >= 11 is 0. The standard InChI is InChI=1S/C12H17NO6S.Na.H/c1-13(2,3)8-9-18-12(14)19-10-4-6-11(7-5-10)20(15,16)17;;/h4-7H,8-9H2,1-3H3;;/q;+1;-1/p+1. The number of quaternary nitrogens is 1. The van der Waals surface area contributed by atoms with Crippen LogP contribution in [0.25, 0.3) is 0 Å². The number of rotatable bonds is 5. The minimum atomic E-state index is -4.25. The third kappa shape index (κ3) is 8.40. The molecule has 0 aliphatic heterocycles. The van der Waals surface area contributed by atoms with Gasteiger partial charge in [-0.1, -0.05) is 0 Å². The normalized spacial score (nSPS) is 11.4. The summed E-state index contributed by atoms with van der Waals surface area (Å²) in [4.78, 5) is 11.1. The summed E-state index contributed by atoms with van der Waals surface area (Å²) in [7, 11) is 1.63. The van der Waals surface area contributed by atoms with E-state index < -0.39 is 16.3 Å². The second-order valence-electron chi connectivity index (χ2n) is 5.16. The van der Waals surface area contributed by atoms with Crippen molar-refractivity contribution < 1.29 is 62.7 Å². The first kappa shape index (κ1) is 20.4. The summed E-state index contributed by atoms with van der Waals surface area (Å²) in [6.45, 7) is 0.849. The van der Waals surface area contributed by atoms with Gasteiger partial charge in [-0.2, -0.15) is 8.42 Å². The van der Waals surface area contributed by atoms with Crippen molar-refractivity contribution in [3.8, 4) is 5.75 Å². The summed E-state index contributed by atoms with van der Waals surface area (Å²) in [5.41, 5.74) is 0. The molecule has 0 bridgehead atoms. The Labute approximate surface area is 148 Å². The fourth-order valence-electron chi connectivity index (χ4n) is 1.21. The van der Waals surface area contributed by atoms with E-state index in [0.29, 0.717) is 11.0 Å². The zero-order valence-corrected chi connectivity index (χ0v) is 15.4. The van der Waals surface area contributed by atoms with Crippen LogP contribution in [0.1, 0.15) is 1.43 Å². The Morgan fingerprint density at radius 3 is 2.19 bits per heavy atom. The van der Waals surface area contributed by atoms with Crippen LogP contribution in [-0.4, -0.2) is 57.9 Å². The molecule has 114 valence electrons. The van der Waals surface area contributed by atoms with Crippen molar-refractivity contribution in [2.24, 2.45) is 0 Å². The molecule has 1 N–H and O–H groups in total. The zero-order chi connectivity index (χ0) is 15.4. The summed E-state index contributed by atoms with van der Waals surface area (Å²) in [6.07, 6.45) is -0.863. The summed E-state index contributed by atoms with van der Waals surface area (Å²) in [5, 5.41) is 0. The molecule has 9 heteroatoms. The Morgan fingerprint density at radius 1 is 1.24 bits per heavy atom. The molecule has 1 aromatic rings. The van der Waals surface area contributed by atoms with Crippen LogP contribution in [0, 0.1) is 0 Å². The number of nitrogens with zero attached hydrogens (tertiary/aromatic N) is 1. The molecule has 0 aromatic heterocycles. The van der Waals surface area contributed by atoms with Crippen LogP contribution in [0.4, 0.5) is 4.79 Å². The van der Waals surface area contributed by atoms with Gasteiger partial charge in [-0.25, -0.2) is 4.79 Å². The van der Waals surface area contributed by atoms with E-state index in [2.05, 4.69) is 0 Å². The number of benzene rings is 1. The number of hydrogen-bond donors (Lipinski definition) is 1. The maximum atomic E-state index is 11.4. The van der Waals surface area contributed by atoms with E-state index in [-0.39, 0.29) is 48.2 Å². The first-order valence-electron chi connectivity index (χ1n) is 5.80. The molecule has 0 amide bonds. The first-order valence-corrected chi connectivity index (χ1v) is 7.24. The number of ether oxygens (including phenoxy) is 2. The number of carbonyl (C=O) groups is 1. The smallest absolute Gasteiger partial charge is 1.00 e. The van der Waals surface area contributed by atoms with Crippen LogP contribution in [0.3, 0.4) is 0 Å². The molecular weight excluding hydrogens is 309 g/mol. The van der Waals surface area contributed by atoms with E-state index >= 15 is 0 Å². The fourth-order valence-corrected chi connectivity index (χ4v) is 1.69. The Morgan fingerprint density at radius 2 is 1.76 bits per heavy atom. The van der Waals surface area contributed by atoms with Gasteiger partial charge in [0.15, 0.2) is 0 Å². The SMILES string of the molecule is C[N+](C)(C)CCOC(=O)Oc1ccc(S(=O)(=O)O)cc1.[H-].[Na+]. The van der Waals surface area contributed by atoms with Crippen molar-refractivity contribution in [2.45, 2.75) is 4.90 Å². The van der Waals surface area contributed by atoms with E-state index in [1.807, 2.05) is 21.1 Å². The van der Waals surface area contributed by atoms with E-state index in [1.165, 1.54) is 12.1 Å². The molecule has 0 aliphatic rings. The monoisotopic (exact) mass is 328 g/mol. The molecule has 0 saturated carbocycles. The molecule has 0 spiro atoms. The second-order valence-corrected chi connectivity index (χ2v) is 6.58. The average Bonchev–Trinajstić information content (AvgIpc) is 2.26.